The predicted molar refractivity (Wildman–Crippen MR) is 81.6 cm³/mol. The van der Waals surface area contributed by atoms with Crippen LogP contribution in [0.25, 0.3) is 5.57 Å². The Morgan fingerprint density at radius 1 is 1.21 bits per heavy atom. The first kappa shape index (κ1) is 13.1. The maximum Gasteiger partial charge on any atom is 0.191 e. The van der Waals surface area contributed by atoms with Gasteiger partial charge in [-0.3, -0.25) is 4.99 Å². The Morgan fingerprint density at radius 3 is 2.37 bits per heavy atom. The molecule has 5 heteroatoms. The summed E-state index contributed by atoms with van der Waals surface area (Å²) in [7, 11) is 0. The minimum atomic E-state index is 0.0107. The van der Waals surface area contributed by atoms with Crippen molar-refractivity contribution in [3.63, 3.8) is 0 Å². The molecular weight excluding hydrogens is 238 g/mol. The van der Waals surface area contributed by atoms with Crippen molar-refractivity contribution < 1.29 is 0 Å². The van der Waals surface area contributed by atoms with E-state index >= 15 is 0 Å². The Kier molecular flexibility index (Phi) is 3.29. The van der Waals surface area contributed by atoms with Crippen LogP contribution >= 0.6 is 0 Å². The first-order chi connectivity index (χ1) is 8.90. The SMILES string of the molecule is CC1=NCC(C)=C1c1cc(C)c(N=C(N)N)c(N)c1. The van der Waals surface area contributed by atoms with E-state index in [9.17, 15) is 0 Å². The lowest BCUT2D eigenvalue weighted by molar-refractivity contribution is 1.18. The molecule has 0 spiro atoms. The second-order valence-electron chi connectivity index (χ2n) is 4.82. The molecule has 0 atom stereocenters. The Bertz CT molecular complexity index is 596. The highest BCUT2D eigenvalue weighted by molar-refractivity contribution is 6.25. The number of benzene rings is 1. The number of nitrogens with two attached hydrogens (primary N) is 3. The summed E-state index contributed by atoms with van der Waals surface area (Å²) < 4.78 is 0. The number of aliphatic imine (C=N–C) groups is 2. The molecule has 6 N–H and O–H groups in total. The van der Waals surface area contributed by atoms with Gasteiger partial charge in [-0.25, -0.2) is 4.99 Å². The number of guanidine groups is 1. The van der Waals surface area contributed by atoms with Gasteiger partial charge in [0.25, 0.3) is 0 Å². The zero-order valence-electron chi connectivity index (χ0n) is 11.5. The van der Waals surface area contributed by atoms with Gasteiger partial charge < -0.3 is 17.2 Å². The molecule has 0 aromatic heterocycles. The van der Waals surface area contributed by atoms with E-state index in [4.69, 9.17) is 17.2 Å². The van der Waals surface area contributed by atoms with Gasteiger partial charge in [0, 0.05) is 11.3 Å². The smallest absolute Gasteiger partial charge is 0.191 e. The van der Waals surface area contributed by atoms with Gasteiger partial charge in [0.05, 0.1) is 17.9 Å². The summed E-state index contributed by atoms with van der Waals surface area (Å²) in [4.78, 5) is 8.50. The van der Waals surface area contributed by atoms with Crippen LogP contribution in [-0.2, 0) is 0 Å². The third-order valence-electron chi connectivity index (χ3n) is 3.20. The lowest BCUT2D eigenvalue weighted by Gasteiger charge is -2.11. The van der Waals surface area contributed by atoms with Crippen LogP contribution in [0.2, 0.25) is 0 Å². The molecule has 100 valence electrons. The van der Waals surface area contributed by atoms with Crippen molar-refractivity contribution in [2.75, 3.05) is 12.3 Å². The number of nitrogens with zero attached hydrogens (tertiary/aromatic N) is 2. The van der Waals surface area contributed by atoms with E-state index in [1.807, 2.05) is 26.0 Å². The van der Waals surface area contributed by atoms with Gasteiger partial charge in [-0.1, -0.05) is 0 Å². The van der Waals surface area contributed by atoms with Crippen LogP contribution in [0.4, 0.5) is 11.4 Å². The highest BCUT2D eigenvalue weighted by Gasteiger charge is 2.16. The van der Waals surface area contributed by atoms with E-state index in [0.717, 1.165) is 23.4 Å². The Labute approximate surface area is 112 Å². The monoisotopic (exact) mass is 257 g/mol. The minimum absolute atomic E-state index is 0.0107. The first-order valence-corrected chi connectivity index (χ1v) is 6.11. The van der Waals surface area contributed by atoms with E-state index in [2.05, 4.69) is 16.9 Å². The number of anilines is 1. The van der Waals surface area contributed by atoms with Crippen LogP contribution in [0, 0.1) is 6.92 Å². The predicted octanol–water partition coefficient (Wildman–Crippen LogP) is 1.73. The largest absolute Gasteiger partial charge is 0.397 e. The zero-order chi connectivity index (χ0) is 14.2. The second kappa shape index (κ2) is 4.76. The number of hydrogen-bond donors (Lipinski definition) is 3. The van der Waals surface area contributed by atoms with E-state index < -0.39 is 0 Å². The van der Waals surface area contributed by atoms with Crippen LogP contribution in [0.1, 0.15) is 25.0 Å². The van der Waals surface area contributed by atoms with Crippen molar-refractivity contribution in [3.05, 3.63) is 28.8 Å². The molecule has 1 heterocycles. The highest BCUT2D eigenvalue weighted by atomic mass is 15.0. The molecular formula is C14H19N5. The van der Waals surface area contributed by atoms with Crippen LogP contribution in [-0.4, -0.2) is 18.2 Å². The second-order valence-corrected chi connectivity index (χ2v) is 4.82. The number of hydrogen-bond acceptors (Lipinski definition) is 3. The average Bonchev–Trinajstić information content (AvgIpc) is 2.63. The van der Waals surface area contributed by atoms with Crippen molar-refractivity contribution in [1.29, 1.82) is 0 Å². The van der Waals surface area contributed by atoms with Gasteiger partial charge in [0.1, 0.15) is 0 Å². The fourth-order valence-electron chi connectivity index (χ4n) is 2.39. The fraction of sp³-hybridized carbons (Fsp3) is 0.286. The minimum Gasteiger partial charge on any atom is -0.397 e. The van der Waals surface area contributed by atoms with E-state index in [1.54, 1.807) is 0 Å². The van der Waals surface area contributed by atoms with Crippen molar-refractivity contribution >= 4 is 28.6 Å². The van der Waals surface area contributed by atoms with Crippen LogP contribution in [0.5, 0.6) is 0 Å². The maximum atomic E-state index is 6.05. The standard InChI is InChI=1S/C14H19N5/c1-7-4-10(12-8(2)6-18-9(12)3)5-11(15)13(7)19-14(16)17/h4-5H,6,15H2,1-3H3,(H4,16,17,19). The highest BCUT2D eigenvalue weighted by Crippen LogP contribution is 2.33. The summed E-state index contributed by atoms with van der Waals surface area (Å²) in [6, 6.07) is 3.94. The molecule has 0 aliphatic carbocycles. The van der Waals surface area contributed by atoms with Crippen LogP contribution in [0.3, 0.4) is 0 Å². The summed E-state index contributed by atoms with van der Waals surface area (Å²) in [6.45, 7) is 6.81. The molecule has 0 saturated heterocycles. The van der Waals surface area contributed by atoms with Crippen molar-refractivity contribution in [1.82, 2.24) is 0 Å². The summed E-state index contributed by atoms with van der Waals surface area (Å²) in [6.07, 6.45) is 0. The first-order valence-electron chi connectivity index (χ1n) is 6.11. The quantitative estimate of drug-likeness (QED) is 0.427. The number of rotatable bonds is 2. The van der Waals surface area contributed by atoms with Gasteiger partial charge in [0.15, 0.2) is 5.96 Å². The van der Waals surface area contributed by atoms with Crippen molar-refractivity contribution in [2.24, 2.45) is 21.5 Å². The van der Waals surface area contributed by atoms with Gasteiger partial charge in [0.2, 0.25) is 0 Å². The number of aryl methyl sites for hydroxylation is 1. The molecule has 0 saturated carbocycles. The van der Waals surface area contributed by atoms with Gasteiger partial charge in [-0.15, -0.1) is 0 Å². The zero-order valence-corrected chi connectivity index (χ0v) is 11.5. The molecule has 5 nitrogen and oxygen atoms in total. The summed E-state index contributed by atoms with van der Waals surface area (Å²) in [5, 5.41) is 0. The Morgan fingerprint density at radius 2 is 1.89 bits per heavy atom. The number of allylic oxidation sites excluding steroid dienone is 1. The average molecular weight is 257 g/mol. The number of nitrogen functional groups attached to an aromatic ring is 1. The summed E-state index contributed by atoms with van der Waals surface area (Å²) >= 11 is 0. The maximum absolute atomic E-state index is 6.05. The van der Waals surface area contributed by atoms with Crippen molar-refractivity contribution in [3.8, 4) is 0 Å². The van der Waals surface area contributed by atoms with E-state index in [0.29, 0.717) is 11.4 Å². The molecule has 1 aromatic carbocycles. The van der Waals surface area contributed by atoms with E-state index in [1.165, 1.54) is 11.1 Å². The molecule has 2 rings (SSSR count). The molecule has 0 fully saturated rings. The molecule has 1 aliphatic rings. The van der Waals surface area contributed by atoms with Crippen LogP contribution in [0.15, 0.2) is 27.7 Å². The summed E-state index contributed by atoms with van der Waals surface area (Å²) in [5.41, 5.74) is 23.6. The van der Waals surface area contributed by atoms with Crippen molar-refractivity contribution in [2.45, 2.75) is 20.8 Å². The van der Waals surface area contributed by atoms with E-state index in [-0.39, 0.29) is 5.96 Å². The van der Waals surface area contributed by atoms with Gasteiger partial charge >= 0.3 is 0 Å². The topological polar surface area (TPSA) is 103 Å². The molecule has 1 aliphatic heterocycles. The van der Waals surface area contributed by atoms with Crippen LogP contribution < -0.4 is 17.2 Å². The molecule has 0 unspecified atom stereocenters. The Balaban J connectivity index is 2.56. The molecule has 0 amide bonds. The summed E-state index contributed by atoms with van der Waals surface area (Å²) in [5.74, 6) is 0.0107. The lowest BCUT2D eigenvalue weighted by Crippen LogP contribution is -2.22. The van der Waals surface area contributed by atoms with Gasteiger partial charge in [-0.2, -0.15) is 0 Å². The normalized spacial score (nSPS) is 14.6. The third kappa shape index (κ3) is 2.45. The Hall–Kier alpha value is -2.30. The molecule has 0 radical (unpaired) electrons. The molecule has 1 aromatic rings. The lowest BCUT2D eigenvalue weighted by atomic mass is 9.96. The fourth-order valence-corrected chi connectivity index (χ4v) is 2.39. The third-order valence-corrected chi connectivity index (χ3v) is 3.20. The van der Waals surface area contributed by atoms with Gasteiger partial charge in [-0.05, 0) is 49.6 Å². The molecule has 0 bridgehead atoms. The molecule has 19 heavy (non-hydrogen) atoms.